The molecule has 0 saturated carbocycles. The van der Waals surface area contributed by atoms with Crippen LogP contribution in [0, 0.1) is 0 Å². The molecule has 1 aliphatic carbocycles. The summed E-state index contributed by atoms with van der Waals surface area (Å²) in [6, 6.07) is 7.57. The van der Waals surface area contributed by atoms with Crippen molar-refractivity contribution >= 4 is 5.91 Å². The quantitative estimate of drug-likeness (QED) is 0.772. The maximum atomic E-state index is 13.1. The first-order chi connectivity index (χ1) is 12.8. The van der Waals surface area contributed by atoms with Crippen molar-refractivity contribution in [3.05, 3.63) is 59.9 Å². The summed E-state index contributed by atoms with van der Waals surface area (Å²) < 4.78 is 5.31. The number of benzene rings is 1. The normalized spacial score (nSPS) is 21.9. The fraction of sp³-hybridized carbons (Fsp3) is 0.350. The van der Waals surface area contributed by atoms with E-state index >= 15 is 0 Å². The van der Waals surface area contributed by atoms with Crippen LogP contribution in [0.25, 0.3) is 11.3 Å². The lowest BCUT2D eigenvalue weighted by atomic mass is 9.77. The van der Waals surface area contributed by atoms with Gasteiger partial charge in [0.25, 0.3) is 5.91 Å². The number of nitrogens with zero attached hydrogens (tertiary/aromatic N) is 3. The number of piperidine rings is 1. The van der Waals surface area contributed by atoms with Gasteiger partial charge in [-0.25, -0.2) is 4.98 Å². The number of aromatic nitrogens is 3. The third-order valence-electron chi connectivity index (χ3n) is 5.83. The number of carbonyl (C=O) groups is 1. The average molecular weight is 348 g/mol. The molecule has 1 fully saturated rings. The number of rotatable bonds is 2. The maximum Gasteiger partial charge on any atom is 0.253 e. The molecule has 3 heterocycles. The number of aryl methyl sites for hydroxylation is 1. The van der Waals surface area contributed by atoms with Crippen LogP contribution in [0.1, 0.15) is 40.9 Å². The van der Waals surface area contributed by atoms with Gasteiger partial charge in [0.05, 0.1) is 12.4 Å². The van der Waals surface area contributed by atoms with Gasteiger partial charge in [-0.3, -0.25) is 9.89 Å². The fourth-order valence-corrected chi connectivity index (χ4v) is 4.49. The van der Waals surface area contributed by atoms with Crippen molar-refractivity contribution in [1.82, 2.24) is 20.1 Å². The molecule has 0 bridgehead atoms. The molecule has 1 unspecified atom stereocenters. The largest absolute Gasteiger partial charge is 0.444 e. The predicted molar refractivity (Wildman–Crippen MR) is 95.7 cm³/mol. The van der Waals surface area contributed by atoms with E-state index in [9.17, 15) is 4.79 Å². The fourth-order valence-electron chi connectivity index (χ4n) is 4.49. The van der Waals surface area contributed by atoms with E-state index in [1.807, 2.05) is 35.4 Å². The summed E-state index contributed by atoms with van der Waals surface area (Å²) >= 11 is 0. The number of fused-ring (bicyclic) bond motifs is 2. The number of H-pyrrole nitrogens is 1. The van der Waals surface area contributed by atoms with Gasteiger partial charge in [0.1, 0.15) is 0 Å². The number of aromatic amines is 1. The minimum Gasteiger partial charge on any atom is -0.444 e. The van der Waals surface area contributed by atoms with Crippen molar-refractivity contribution < 1.29 is 9.21 Å². The molecule has 2 aromatic heterocycles. The highest BCUT2D eigenvalue weighted by atomic mass is 16.3. The van der Waals surface area contributed by atoms with Gasteiger partial charge in [-0.1, -0.05) is 12.1 Å². The standard InChI is InChI=1S/C20H20N4O2/c25-19(15-4-2-14(3-5-15)17-11-21-13-26-17)24-9-1-7-20(12-24)8-6-16-10-22-23-18(16)20/h2-5,10-11,13H,1,6-9,12H2,(H,22,23). The minimum absolute atomic E-state index is 0.0551. The molecule has 3 aromatic rings. The van der Waals surface area contributed by atoms with E-state index in [0.29, 0.717) is 11.3 Å². The second kappa shape index (κ2) is 5.83. The second-order valence-corrected chi connectivity index (χ2v) is 7.32. The number of nitrogens with one attached hydrogen (secondary N) is 1. The van der Waals surface area contributed by atoms with E-state index in [1.54, 1.807) is 6.20 Å². The number of hydrogen-bond acceptors (Lipinski definition) is 4. The van der Waals surface area contributed by atoms with Crippen LogP contribution in [0.4, 0.5) is 0 Å². The molecule has 132 valence electrons. The Balaban J connectivity index is 1.37. The molecule has 1 aromatic carbocycles. The first-order valence-electron chi connectivity index (χ1n) is 9.06. The Hall–Kier alpha value is -2.89. The Morgan fingerprint density at radius 1 is 1.19 bits per heavy atom. The molecule has 1 spiro atoms. The van der Waals surface area contributed by atoms with Gasteiger partial charge in [0, 0.05) is 35.3 Å². The molecule has 1 aliphatic heterocycles. The molecule has 5 rings (SSSR count). The van der Waals surface area contributed by atoms with Crippen LogP contribution in [0.3, 0.4) is 0 Å². The smallest absolute Gasteiger partial charge is 0.253 e. The second-order valence-electron chi connectivity index (χ2n) is 7.32. The van der Waals surface area contributed by atoms with Crippen molar-refractivity contribution in [2.45, 2.75) is 31.1 Å². The zero-order valence-corrected chi connectivity index (χ0v) is 14.4. The van der Waals surface area contributed by atoms with Crippen LogP contribution in [0.15, 0.2) is 47.5 Å². The highest BCUT2D eigenvalue weighted by molar-refractivity contribution is 5.94. The van der Waals surface area contributed by atoms with Crippen molar-refractivity contribution in [1.29, 1.82) is 0 Å². The molecule has 1 atom stereocenters. The molecular weight excluding hydrogens is 328 g/mol. The van der Waals surface area contributed by atoms with Crippen LogP contribution >= 0.6 is 0 Å². The van der Waals surface area contributed by atoms with E-state index < -0.39 is 0 Å². The van der Waals surface area contributed by atoms with Crippen LogP contribution in [-0.2, 0) is 11.8 Å². The minimum atomic E-state index is 0.0551. The van der Waals surface area contributed by atoms with Crippen molar-refractivity contribution in [2.24, 2.45) is 0 Å². The lowest BCUT2D eigenvalue weighted by molar-refractivity contribution is 0.0633. The summed E-state index contributed by atoms with van der Waals surface area (Å²) in [5.41, 5.74) is 4.26. The zero-order valence-electron chi connectivity index (χ0n) is 14.4. The summed E-state index contributed by atoms with van der Waals surface area (Å²) in [5.74, 6) is 0.805. The summed E-state index contributed by atoms with van der Waals surface area (Å²) in [6.07, 6.45) is 9.33. The van der Waals surface area contributed by atoms with Gasteiger partial charge in [0.15, 0.2) is 12.2 Å². The molecule has 2 aliphatic rings. The van der Waals surface area contributed by atoms with E-state index in [0.717, 1.165) is 44.3 Å². The van der Waals surface area contributed by atoms with E-state index in [2.05, 4.69) is 15.2 Å². The van der Waals surface area contributed by atoms with Crippen LogP contribution < -0.4 is 0 Å². The lowest BCUT2D eigenvalue weighted by Crippen LogP contribution is -2.47. The lowest BCUT2D eigenvalue weighted by Gasteiger charge is -2.40. The topological polar surface area (TPSA) is 75.0 Å². The first kappa shape index (κ1) is 15.4. The molecular formula is C20H20N4O2. The van der Waals surface area contributed by atoms with Gasteiger partial charge in [-0.05, 0) is 43.4 Å². The first-order valence-corrected chi connectivity index (χ1v) is 9.06. The van der Waals surface area contributed by atoms with Crippen molar-refractivity contribution in [3.8, 4) is 11.3 Å². The van der Waals surface area contributed by atoms with Crippen molar-refractivity contribution in [3.63, 3.8) is 0 Å². The highest BCUT2D eigenvalue weighted by Gasteiger charge is 2.44. The SMILES string of the molecule is O=C(c1ccc(-c2cnco2)cc1)N1CCCC2(CCc3cn[nH]c32)C1. The average Bonchev–Trinajstić information content (AvgIpc) is 3.42. The van der Waals surface area contributed by atoms with Crippen LogP contribution in [0.2, 0.25) is 0 Å². The van der Waals surface area contributed by atoms with Gasteiger partial charge in [0.2, 0.25) is 0 Å². The Morgan fingerprint density at radius 3 is 2.88 bits per heavy atom. The number of amides is 1. The van der Waals surface area contributed by atoms with Gasteiger partial charge >= 0.3 is 0 Å². The van der Waals surface area contributed by atoms with Gasteiger partial charge in [-0.2, -0.15) is 5.10 Å². The summed E-state index contributed by atoms with van der Waals surface area (Å²) in [6.45, 7) is 1.58. The van der Waals surface area contributed by atoms with Crippen molar-refractivity contribution in [2.75, 3.05) is 13.1 Å². The Labute approximate surface area is 151 Å². The summed E-state index contributed by atoms with van der Waals surface area (Å²) in [4.78, 5) is 19.0. The number of likely N-dealkylation sites (tertiary alicyclic amines) is 1. The predicted octanol–water partition coefficient (Wildman–Crippen LogP) is 3.18. The summed E-state index contributed by atoms with van der Waals surface area (Å²) in [7, 11) is 0. The van der Waals surface area contributed by atoms with Gasteiger partial charge in [-0.15, -0.1) is 0 Å². The third-order valence-corrected chi connectivity index (χ3v) is 5.83. The maximum absolute atomic E-state index is 13.1. The Kier molecular flexibility index (Phi) is 3.45. The molecule has 6 nitrogen and oxygen atoms in total. The summed E-state index contributed by atoms with van der Waals surface area (Å²) in [5, 5.41) is 7.41. The molecule has 0 radical (unpaired) electrons. The van der Waals surface area contributed by atoms with E-state index in [-0.39, 0.29) is 11.3 Å². The monoisotopic (exact) mass is 348 g/mol. The Bertz CT molecular complexity index is 929. The Morgan fingerprint density at radius 2 is 2.08 bits per heavy atom. The third kappa shape index (κ3) is 2.36. The number of carbonyl (C=O) groups excluding carboxylic acids is 1. The molecule has 1 N–H and O–H groups in total. The molecule has 1 saturated heterocycles. The van der Waals surface area contributed by atoms with E-state index in [1.165, 1.54) is 17.7 Å². The molecule has 1 amide bonds. The molecule has 6 heteroatoms. The van der Waals surface area contributed by atoms with Crippen LogP contribution in [0.5, 0.6) is 0 Å². The van der Waals surface area contributed by atoms with Gasteiger partial charge < -0.3 is 9.32 Å². The number of hydrogen-bond donors (Lipinski definition) is 1. The van der Waals surface area contributed by atoms with Crippen LogP contribution in [-0.4, -0.2) is 39.1 Å². The zero-order chi connectivity index (χ0) is 17.6. The van der Waals surface area contributed by atoms with E-state index in [4.69, 9.17) is 4.42 Å². The molecule has 26 heavy (non-hydrogen) atoms. The number of oxazole rings is 1. The highest BCUT2D eigenvalue weighted by Crippen LogP contribution is 2.44.